The molecular formula is C19H26F3N5O2S. The van der Waals surface area contributed by atoms with Gasteiger partial charge in [-0.05, 0) is 49.7 Å². The van der Waals surface area contributed by atoms with Gasteiger partial charge in [0.15, 0.2) is 0 Å². The maximum Gasteiger partial charge on any atom is 0.511 e. The van der Waals surface area contributed by atoms with Crippen molar-refractivity contribution in [3.05, 3.63) is 24.3 Å². The highest BCUT2D eigenvalue weighted by Gasteiger charge is 2.45. The van der Waals surface area contributed by atoms with Gasteiger partial charge in [-0.15, -0.1) is 0 Å². The molecule has 1 aromatic carbocycles. The lowest BCUT2D eigenvalue weighted by Crippen LogP contribution is -2.39. The van der Waals surface area contributed by atoms with E-state index in [0.29, 0.717) is 31.3 Å². The number of nitrogens with zero attached hydrogens (tertiary/aromatic N) is 3. The third-order valence-electron chi connectivity index (χ3n) is 5.39. The summed E-state index contributed by atoms with van der Waals surface area (Å²) in [5.41, 5.74) is -4.42. The van der Waals surface area contributed by atoms with Crippen molar-refractivity contribution in [1.82, 2.24) is 14.7 Å². The Labute approximate surface area is 174 Å². The van der Waals surface area contributed by atoms with Crippen molar-refractivity contribution in [3.8, 4) is 0 Å². The largest absolute Gasteiger partial charge is 0.511 e. The van der Waals surface area contributed by atoms with Gasteiger partial charge in [-0.2, -0.15) is 18.2 Å². The molecule has 0 spiro atoms. The van der Waals surface area contributed by atoms with Gasteiger partial charge in [0.05, 0.1) is 5.52 Å². The first-order valence-electron chi connectivity index (χ1n) is 9.80. The van der Waals surface area contributed by atoms with Gasteiger partial charge in [0.25, 0.3) is 0 Å². The first-order valence-corrected chi connectivity index (χ1v) is 11.3. The average Bonchev–Trinajstić information content (AvgIpc) is 2.70. The maximum absolute atomic E-state index is 12.4. The number of rotatable bonds is 7. The van der Waals surface area contributed by atoms with Crippen molar-refractivity contribution in [2.75, 3.05) is 37.4 Å². The summed E-state index contributed by atoms with van der Waals surface area (Å²) in [7, 11) is -1.42. The quantitative estimate of drug-likeness (QED) is 0.680. The molecule has 166 valence electrons. The number of hydrogen-bond acceptors (Lipinski definition) is 6. The van der Waals surface area contributed by atoms with E-state index in [1.165, 1.54) is 0 Å². The van der Waals surface area contributed by atoms with Gasteiger partial charge in [0.2, 0.25) is 5.95 Å². The lowest BCUT2D eigenvalue weighted by molar-refractivity contribution is -0.0449. The minimum absolute atomic E-state index is 0.0874. The molecule has 1 saturated carbocycles. The SMILES string of the molecule is CN(C)c1nc(NC[C@H]2CC[C@H](CNS(=O)(=O)C(F)(F)F)CC2)nc2ccccc12. The second kappa shape index (κ2) is 8.93. The molecule has 30 heavy (non-hydrogen) atoms. The summed E-state index contributed by atoms with van der Waals surface area (Å²) < 4.78 is 61.2. The molecule has 1 fully saturated rings. The molecule has 7 nitrogen and oxygen atoms in total. The van der Waals surface area contributed by atoms with Gasteiger partial charge in [0.1, 0.15) is 5.82 Å². The predicted octanol–water partition coefficient (Wildman–Crippen LogP) is 3.35. The fourth-order valence-corrected chi connectivity index (χ4v) is 4.28. The molecule has 1 aromatic heterocycles. The summed E-state index contributed by atoms with van der Waals surface area (Å²) in [6.45, 7) is 0.480. The maximum atomic E-state index is 12.4. The molecule has 0 atom stereocenters. The van der Waals surface area contributed by atoms with Gasteiger partial charge < -0.3 is 10.2 Å². The number of fused-ring (bicyclic) bond motifs is 1. The Bertz CT molecular complexity index is 974. The van der Waals surface area contributed by atoms with E-state index in [2.05, 4.69) is 15.3 Å². The van der Waals surface area contributed by atoms with E-state index < -0.39 is 15.5 Å². The Kier molecular flexibility index (Phi) is 6.71. The van der Waals surface area contributed by atoms with Crippen LogP contribution >= 0.6 is 0 Å². The highest BCUT2D eigenvalue weighted by molar-refractivity contribution is 7.90. The lowest BCUT2D eigenvalue weighted by Gasteiger charge is -2.29. The first-order chi connectivity index (χ1) is 14.1. The van der Waals surface area contributed by atoms with E-state index in [1.807, 2.05) is 43.3 Å². The summed E-state index contributed by atoms with van der Waals surface area (Å²) in [5.74, 6) is 1.61. The van der Waals surface area contributed by atoms with Crippen LogP contribution in [0.4, 0.5) is 24.9 Å². The number of halogens is 3. The van der Waals surface area contributed by atoms with E-state index >= 15 is 0 Å². The molecule has 0 amide bonds. The molecule has 0 bridgehead atoms. The van der Waals surface area contributed by atoms with Gasteiger partial charge in [-0.1, -0.05) is 12.1 Å². The van der Waals surface area contributed by atoms with Crippen LogP contribution in [-0.4, -0.2) is 51.1 Å². The highest BCUT2D eigenvalue weighted by atomic mass is 32.2. The van der Waals surface area contributed by atoms with Gasteiger partial charge in [0, 0.05) is 32.6 Å². The van der Waals surface area contributed by atoms with E-state index in [9.17, 15) is 21.6 Å². The fraction of sp³-hybridized carbons (Fsp3) is 0.579. The van der Waals surface area contributed by atoms with E-state index in [4.69, 9.17) is 0 Å². The van der Waals surface area contributed by atoms with Crippen LogP contribution in [0.2, 0.25) is 0 Å². The summed E-state index contributed by atoms with van der Waals surface area (Å²) in [6.07, 6.45) is 2.96. The van der Waals surface area contributed by atoms with Crippen molar-refractivity contribution in [1.29, 1.82) is 0 Å². The van der Waals surface area contributed by atoms with Gasteiger partial charge >= 0.3 is 15.5 Å². The Balaban J connectivity index is 1.53. The Hall–Kier alpha value is -2.14. The Morgan fingerprint density at radius 2 is 1.63 bits per heavy atom. The molecule has 0 unspecified atom stereocenters. The summed E-state index contributed by atoms with van der Waals surface area (Å²) in [5, 5.41) is 4.25. The van der Waals surface area contributed by atoms with Crippen LogP contribution in [0.1, 0.15) is 25.7 Å². The number of hydrogen-bond donors (Lipinski definition) is 2. The second-order valence-electron chi connectivity index (χ2n) is 7.85. The Morgan fingerprint density at radius 1 is 1.03 bits per heavy atom. The third kappa shape index (κ3) is 5.31. The summed E-state index contributed by atoms with van der Waals surface area (Å²) in [4.78, 5) is 11.1. The minimum Gasteiger partial charge on any atom is -0.362 e. The standard InChI is InChI=1S/C19H26F3N5O2S/c1-27(2)17-15-5-3-4-6-16(15)25-18(26-17)23-11-13-7-9-14(10-8-13)12-24-30(28,29)19(20,21)22/h3-6,13-14,24H,7-12H2,1-2H3,(H,23,25,26)/t13-,14-. The van der Waals surface area contributed by atoms with E-state index in [-0.39, 0.29) is 12.5 Å². The van der Waals surface area contributed by atoms with Crippen LogP contribution in [0.15, 0.2) is 24.3 Å². The topological polar surface area (TPSA) is 87.2 Å². The number of aromatic nitrogens is 2. The smallest absolute Gasteiger partial charge is 0.362 e. The van der Waals surface area contributed by atoms with Gasteiger partial charge in [-0.3, -0.25) is 0 Å². The summed E-state index contributed by atoms with van der Waals surface area (Å²) in [6, 6.07) is 7.77. The van der Waals surface area contributed by atoms with Crippen molar-refractivity contribution < 1.29 is 21.6 Å². The normalized spacial score (nSPS) is 20.3. The average molecular weight is 446 g/mol. The Morgan fingerprint density at radius 3 is 2.23 bits per heavy atom. The van der Waals surface area contributed by atoms with Crippen LogP contribution in [-0.2, 0) is 10.0 Å². The number of sulfonamides is 1. The number of nitrogens with one attached hydrogen (secondary N) is 2. The molecule has 11 heteroatoms. The lowest BCUT2D eigenvalue weighted by atomic mass is 9.82. The van der Waals surface area contributed by atoms with Crippen LogP contribution in [0, 0.1) is 11.8 Å². The highest BCUT2D eigenvalue weighted by Crippen LogP contribution is 2.30. The molecule has 1 aliphatic carbocycles. The molecule has 1 heterocycles. The van der Waals surface area contributed by atoms with E-state index in [0.717, 1.165) is 29.6 Å². The van der Waals surface area contributed by atoms with Gasteiger partial charge in [-0.25, -0.2) is 18.1 Å². The predicted molar refractivity (Wildman–Crippen MR) is 111 cm³/mol. The molecular weight excluding hydrogens is 419 g/mol. The molecule has 2 aromatic rings. The number of benzene rings is 1. The van der Waals surface area contributed by atoms with Crippen LogP contribution in [0.5, 0.6) is 0 Å². The zero-order valence-electron chi connectivity index (χ0n) is 16.9. The molecule has 2 N–H and O–H groups in total. The molecule has 1 aliphatic rings. The van der Waals surface area contributed by atoms with Crippen molar-refractivity contribution in [3.63, 3.8) is 0 Å². The second-order valence-corrected chi connectivity index (χ2v) is 9.61. The fourth-order valence-electron chi connectivity index (χ4n) is 3.66. The molecule has 3 rings (SSSR count). The summed E-state index contributed by atoms with van der Waals surface area (Å²) >= 11 is 0. The van der Waals surface area contributed by atoms with Crippen molar-refractivity contribution >= 4 is 32.7 Å². The first kappa shape index (κ1) is 22.5. The molecule has 0 aliphatic heterocycles. The molecule has 0 radical (unpaired) electrons. The molecule has 0 saturated heterocycles. The van der Waals surface area contributed by atoms with Crippen molar-refractivity contribution in [2.24, 2.45) is 11.8 Å². The van der Waals surface area contributed by atoms with E-state index in [1.54, 1.807) is 4.72 Å². The third-order valence-corrected chi connectivity index (χ3v) is 6.54. The van der Waals surface area contributed by atoms with Crippen LogP contribution in [0.3, 0.4) is 0 Å². The minimum atomic E-state index is -5.27. The zero-order chi connectivity index (χ0) is 21.9. The van der Waals surface area contributed by atoms with Crippen LogP contribution < -0.4 is 14.9 Å². The number of alkyl halides is 3. The van der Waals surface area contributed by atoms with Crippen LogP contribution in [0.25, 0.3) is 10.9 Å². The van der Waals surface area contributed by atoms with Crippen molar-refractivity contribution in [2.45, 2.75) is 31.2 Å². The monoisotopic (exact) mass is 445 g/mol. The number of anilines is 2. The zero-order valence-corrected chi connectivity index (χ0v) is 17.7. The number of para-hydroxylation sites is 1.